The van der Waals surface area contributed by atoms with Gasteiger partial charge in [0.25, 0.3) is 11.5 Å². The van der Waals surface area contributed by atoms with Crippen molar-refractivity contribution < 1.29 is 19.5 Å². The summed E-state index contributed by atoms with van der Waals surface area (Å²) in [5, 5.41) is 15.2. The number of carbonyl (C=O) groups is 3. The SMILES string of the molecule is CC(=O)Nc1ccc2cc(C(=O)NCc3ccc(Cl)cc3)c(=O)n(CC(=O)O)c2n1. The topological polar surface area (TPSA) is 130 Å². The Bertz CT molecular complexity index is 1200. The van der Waals surface area contributed by atoms with Gasteiger partial charge in [0.1, 0.15) is 23.6 Å². The van der Waals surface area contributed by atoms with E-state index < -0.39 is 24.0 Å². The molecule has 154 valence electrons. The number of nitrogens with one attached hydrogen (secondary N) is 2. The molecule has 30 heavy (non-hydrogen) atoms. The summed E-state index contributed by atoms with van der Waals surface area (Å²) in [6.07, 6.45) is 0. The maximum Gasteiger partial charge on any atom is 0.323 e. The molecule has 1 aromatic carbocycles. The number of aliphatic carboxylic acids is 1. The second kappa shape index (κ2) is 8.75. The normalized spacial score (nSPS) is 10.6. The molecular formula is C20H17ClN4O5. The van der Waals surface area contributed by atoms with Crippen LogP contribution in [-0.4, -0.2) is 32.4 Å². The molecule has 3 rings (SSSR count). The summed E-state index contributed by atoms with van der Waals surface area (Å²) in [4.78, 5) is 52.2. The molecule has 0 saturated heterocycles. The highest BCUT2D eigenvalue weighted by atomic mass is 35.5. The van der Waals surface area contributed by atoms with E-state index in [0.717, 1.165) is 10.1 Å². The molecule has 0 fully saturated rings. The molecule has 0 spiro atoms. The van der Waals surface area contributed by atoms with Crippen LogP contribution >= 0.6 is 11.6 Å². The molecule has 0 radical (unpaired) electrons. The number of carboxylic acid groups (broad SMARTS) is 1. The summed E-state index contributed by atoms with van der Waals surface area (Å²) in [6, 6.07) is 11.2. The fourth-order valence-corrected chi connectivity index (χ4v) is 2.95. The molecule has 2 aromatic heterocycles. The summed E-state index contributed by atoms with van der Waals surface area (Å²) >= 11 is 5.84. The number of nitrogens with zero attached hydrogens (tertiary/aromatic N) is 2. The number of aromatic nitrogens is 2. The van der Waals surface area contributed by atoms with Gasteiger partial charge in [-0.25, -0.2) is 4.98 Å². The number of halogens is 1. The summed E-state index contributed by atoms with van der Waals surface area (Å²) in [5.41, 5.74) is -0.193. The molecule has 2 amide bonds. The van der Waals surface area contributed by atoms with Crippen molar-refractivity contribution in [3.8, 4) is 0 Å². The van der Waals surface area contributed by atoms with Crippen molar-refractivity contribution >= 4 is 46.2 Å². The van der Waals surface area contributed by atoms with E-state index in [1.165, 1.54) is 19.1 Å². The number of fused-ring (bicyclic) bond motifs is 1. The number of carboxylic acids is 1. The largest absolute Gasteiger partial charge is 0.480 e. The van der Waals surface area contributed by atoms with Gasteiger partial charge in [0, 0.05) is 23.9 Å². The molecule has 0 saturated carbocycles. The van der Waals surface area contributed by atoms with E-state index in [1.807, 2.05) is 0 Å². The lowest BCUT2D eigenvalue weighted by molar-refractivity contribution is -0.137. The first-order valence-electron chi connectivity index (χ1n) is 8.81. The fraction of sp³-hybridized carbons (Fsp3) is 0.150. The van der Waals surface area contributed by atoms with Gasteiger partial charge in [-0.15, -0.1) is 0 Å². The van der Waals surface area contributed by atoms with Crippen LogP contribution in [-0.2, 0) is 22.7 Å². The first kappa shape index (κ1) is 21.0. The molecule has 10 heteroatoms. The Morgan fingerprint density at radius 3 is 2.47 bits per heavy atom. The fourth-order valence-electron chi connectivity index (χ4n) is 2.82. The van der Waals surface area contributed by atoms with Gasteiger partial charge >= 0.3 is 5.97 Å². The minimum Gasteiger partial charge on any atom is -0.480 e. The van der Waals surface area contributed by atoms with Gasteiger partial charge in [-0.05, 0) is 35.9 Å². The van der Waals surface area contributed by atoms with E-state index in [4.69, 9.17) is 11.6 Å². The molecule has 2 heterocycles. The Hall–Kier alpha value is -3.72. The third-order valence-electron chi connectivity index (χ3n) is 4.14. The highest BCUT2D eigenvalue weighted by molar-refractivity contribution is 6.30. The molecule has 3 aromatic rings. The van der Waals surface area contributed by atoms with Crippen LogP contribution in [0.15, 0.2) is 47.3 Å². The van der Waals surface area contributed by atoms with E-state index in [1.54, 1.807) is 30.3 Å². The van der Waals surface area contributed by atoms with E-state index in [0.29, 0.717) is 10.4 Å². The van der Waals surface area contributed by atoms with Crippen molar-refractivity contribution in [3.05, 3.63) is 69.0 Å². The van der Waals surface area contributed by atoms with Gasteiger partial charge in [0.15, 0.2) is 0 Å². The van der Waals surface area contributed by atoms with Crippen LogP contribution in [0.1, 0.15) is 22.8 Å². The first-order valence-corrected chi connectivity index (χ1v) is 9.19. The molecule has 3 N–H and O–H groups in total. The van der Waals surface area contributed by atoms with Gasteiger partial charge in [-0.1, -0.05) is 23.7 Å². The van der Waals surface area contributed by atoms with Gasteiger partial charge < -0.3 is 15.7 Å². The summed E-state index contributed by atoms with van der Waals surface area (Å²) in [7, 11) is 0. The zero-order valence-corrected chi connectivity index (χ0v) is 16.6. The number of amides is 2. The van der Waals surface area contributed by atoms with Crippen molar-refractivity contribution in [2.45, 2.75) is 20.0 Å². The Kier molecular flexibility index (Phi) is 6.12. The van der Waals surface area contributed by atoms with Crippen LogP contribution in [0.2, 0.25) is 5.02 Å². The first-order chi connectivity index (χ1) is 14.2. The molecule has 0 aliphatic rings. The van der Waals surface area contributed by atoms with Gasteiger partial charge in [0.2, 0.25) is 5.91 Å². The Labute approximate surface area is 175 Å². The van der Waals surface area contributed by atoms with Gasteiger partial charge in [0.05, 0.1) is 0 Å². The number of carbonyl (C=O) groups excluding carboxylic acids is 2. The second-order valence-electron chi connectivity index (χ2n) is 6.44. The lowest BCUT2D eigenvalue weighted by atomic mass is 10.1. The summed E-state index contributed by atoms with van der Waals surface area (Å²) in [5.74, 6) is -2.13. The smallest absolute Gasteiger partial charge is 0.323 e. The lowest BCUT2D eigenvalue weighted by Crippen LogP contribution is -2.34. The average molecular weight is 429 g/mol. The molecule has 9 nitrogen and oxygen atoms in total. The third-order valence-corrected chi connectivity index (χ3v) is 4.40. The summed E-state index contributed by atoms with van der Waals surface area (Å²) < 4.78 is 0.889. The Morgan fingerprint density at radius 2 is 1.83 bits per heavy atom. The van der Waals surface area contributed by atoms with Crippen LogP contribution < -0.4 is 16.2 Å². The Balaban J connectivity index is 1.99. The van der Waals surface area contributed by atoms with Crippen LogP contribution in [0.5, 0.6) is 0 Å². The van der Waals surface area contributed by atoms with Crippen LogP contribution in [0.4, 0.5) is 5.82 Å². The number of pyridine rings is 2. The monoisotopic (exact) mass is 428 g/mol. The second-order valence-corrected chi connectivity index (χ2v) is 6.88. The minimum absolute atomic E-state index is 0.0444. The number of rotatable bonds is 6. The zero-order valence-electron chi connectivity index (χ0n) is 15.8. The number of benzene rings is 1. The third kappa shape index (κ3) is 4.81. The van der Waals surface area contributed by atoms with Crippen molar-refractivity contribution in [2.75, 3.05) is 5.32 Å². The maximum atomic E-state index is 12.8. The van der Waals surface area contributed by atoms with Crippen molar-refractivity contribution in [1.82, 2.24) is 14.9 Å². The molecule has 0 bridgehead atoms. The predicted molar refractivity (Wildman–Crippen MR) is 111 cm³/mol. The van der Waals surface area contributed by atoms with Crippen molar-refractivity contribution in [2.24, 2.45) is 0 Å². The standard InChI is InChI=1S/C20H17ClN4O5/c1-11(26)23-16-7-4-13-8-15(20(30)25(10-17(27)28)18(13)24-16)19(29)22-9-12-2-5-14(21)6-3-12/h2-8H,9-10H2,1H3,(H,22,29)(H,27,28)(H,23,24,26). The average Bonchev–Trinajstić information content (AvgIpc) is 2.68. The predicted octanol–water partition coefficient (Wildman–Crippen LogP) is 2.02. The number of hydrogen-bond donors (Lipinski definition) is 3. The highest BCUT2D eigenvalue weighted by Gasteiger charge is 2.18. The van der Waals surface area contributed by atoms with Gasteiger partial charge in [-0.2, -0.15) is 0 Å². The van der Waals surface area contributed by atoms with E-state index in [-0.39, 0.29) is 29.5 Å². The van der Waals surface area contributed by atoms with E-state index in [2.05, 4.69) is 15.6 Å². The minimum atomic E-state index is -1.27. The molecule has 0 aliphatic heterocycles. The molecule has 0 atom stereocenters. The molecule has 0 unspecified atom stereocenters. The van der Waals surface area contributed by atoms with E-state index >= 15 is 0 Å². The Morgan fingerprint density at radius 1 is 1.13 bits per heavy atom. The van der Waals surface area contributed by atoms with Crippen LogP contribution in [0, 0.1) is 0 Å². The van der Waals surface area contributed by atoms with E-state index in [9.17, 15) is 24.3 Å². The quantitative estimate of drug-likeness (QED) is 0.550. The molecule has 0 aliphatic carbocycles. The number of anilines is 1. The summed E-state index contributed by atoms with van der Waals surface area (Å²) in [6.45, 7) is 0.765. The lowest BCUT2D eigenvalue weighted by Gasteiger charge is -2.12. The van der Waals surface area contributed by atoms with Crippen LogP contribution in [0.25, 0.3) is 11.0 Å². The van der Waals surface area contributed by atoms with Crippen molar-refractivity contribution in [3.63, 3.8) is 0 Å². The van der Waals surface area contributed by atoms with Gasteiger partial charge in [-0.3, -0.25) is 23.7 Å². The van der Waals surface area contributed by atoms with Crippen molar-refractivity contribution in [1.29, 1.82) is 0 Å². The highest BCUT2D eigenvalue weighted by Crippen LogP contribution is 2.16. The maximum absolute atomic E-state index is 12.8. The molecular weight excluding hydrogens is 412 g/mol. The van der Waals surface area contributed by atoms with Crippen LogP contribution in [0.3, 0.4) is 0 Å². The zero-order chi connectivity index (χ0) is 21.8. The number of hydrogen-bond acceptors (Lipinski definition) is 5.